The largest absolute Gasteiger partial charge is 0.326 e. The van der Waals surface area contributed by atoms with Gasteiger partial charge >= 0.3 is 0 Å². The molecule has 3 N–H and O–H groups in total. The summed E-state index contributed by atoms with van der Waals surface area (Å²) in [6.45, 7) is 4.68. The van der Waals surface area contributed by atoms with Crippen molar-refractivity contribution in [1.29, 1.82) is 0 Å². The zero-order chi connectivity index (χ0) is 15.6. The van der Waals surface area contributed by atoms with Gasteiger partial charge in [-0.2, -0.15) is 0 Å². The maximum atomic E-state index is 12.5. The van der Waals surface area contributed by atoms with Gasteiger partial charge in [0.25, 0.3) is 0 Å². The van der Waals surface area contributed by atoms with Gasteiger partial charge in [-0.1, -0.05) is 31.5 Å². The van der Waals surface area contributed by atoms with Gasteiger partial charge in [0.15, 0.2) is 0 Å². The molecular weight excluding hydrogens is 308 g/mol. The smallest absolute Gasteiger partial charge is 0.242 e. The first-order chi connectivity index (χ1) is 9.83. The van der Waals surface area contributed by atoms with Crippen LogP contribution in [0.4, 0.5) is 0 Å². The van der Waals surface area contributed by atoms with Crippen LogP contribution < -0.4 is 10.5 Å². The molecule has 1 aliphatic carbocycles. The zero-order valence-electron chi connectivity index (χ0n) is 12.5. The van der Waals surface area contributed by atoms with Crippen LogP contribution >= 0.6 is 11.6 Å². The lowest BCUT2D eigenvalue weighted by Gasteiger charge is -2.32. The SMILES string of the molecule is CC1CCC(NS(=O)(=O)c2cc(CN)ccc2Cl)CC1C. The Balaban J connectivity index is 2.19. The second-order valence-corrected chi connectivity index (χ2v) is 8.14. The predicted octanol–water partition coefficient (Wildman–Crippen LogP) is 2.90. The lowest BCUT2D eigenvalue weighted by atomic mass is 9.79. The van der Waals surface area contributed by atoms with Crippen LogP contribution in [0.5, 0.6) is 0 Å². The number of nitrogens with one attached hydrogen (secondary N) is 1. The summed E-state index contributed by atoms with van der Waals surface area (Å²) in [4.78, 5) is 0.124. The van der Waals surface area contributed by atoms with Crippen LogP contribution in [0, 0.1) is 11.8 Å². The highest BCUT2D eigenvalue weighted by Gasteiger charge is 2.29. The van der Waals surface area contributed by atoms with E-state index in [9.17, 15) is 8.42 Å². The Kier molecular flexibility index (Phi) is 5.30. The van der Waals surface area contributed by atoms with Crippen LogP contribution in [0.2, 0.25) is 5.02 Å². The number of nitrogens with two attached hydrogens (primary N) is 1. The molecule has 1 saturated carbocycles. The Morgan fingerprint density at radius 2 is 2.00 bits per heavy atom. The quantitative estimate of drug-likeness (QED) is 0.891. The first-order valence-electron chi connectivity index (χ1n) is 7.34. The van der Waals surface area contributed by atoms with E-state index in [0.717, 1.165) is 24.8 Å². The fourth-order valence-corrected chi connectivity index (χ4v) is 4.65. The minimum absolute atomic E-state index is 0.0150. The summed E-state index contributed by atoms with van der Waals surface area (Å²) in [6, 6.07) is 4.87. The summed E-state index contributed by atoms with van der Waals surface area (Å²) >= 11 is 6.05. The molecule has 0 amide bonds. The number of hydrogen-bond donors (Lipinski definition) is 2. The van der Waals surface area contributed by atoms with E-state index in [4.69, 9.17) is 17.3 Å². The maximum absolute atomic E-state index is 12.5. The molecule has 2 rings (SSSR count). The molecular formula is C15H23ClN2O2S. The van der Waals surface area contributed by atoms with E-state index in [1.165, 1.54) is 0 Å². The van der Waals surface area contributed by atoms with Crippen LogP contribution in [-0.4, -0.2) is 14.5 Å². The molecule has 21 heavy (non-hydrogen) atoms. The van der Waals surface area contributed by atoms with Gasteiger partial charge < -0.3 is 5.73 Å². The number of rotatable bonds is 4. The molecule has 6 heteroatoms. The van der Waals surface area contributed by atoms with Crippen molar-refractivity contribution in [2.45, 2.75) is 50.6 Å². The predicted molar refractivity (Wildman–Crippen MR) is 85.6 cm³/mol. The van der Waals surface area contributed by atoms with Crippen molar-refractivity contribution < 1.29 is 8.42 Å². The third-order valence-corrected chi connectivity index (χ3v) is 6.44. The summed E-state index contributed by atoms with van der Waals surface area (Å²) in [5.41, 5.74) is 6.33. The van der Waals surface area contributed by atoms with E-state index in [-0.39, 0.29) is 22.5 Å². The number of hydrogen-bond acceptors (Lipinski definition) is 3. The molecule has 0 aromatic heterocycles. The standard InChI is InChI=1S/C15H23ClN2O2S/c1-10-3-5-13(7-11(10)2)18-21(19,20)15-8-12(9-17)4-6-14(15)16/h4,6,8,10-11,13,18H,3,5,7,9,17H2,1-2H3. The molecule has 3 unspecified atom stereocenters. The van der Waals surface area contributed by atoms with Crippen molar-refractivity contribution in [2.75, 3.05) is 0 Å². The van der Waals surface area contributed by atoms with E-state index in [1.807, 2.05) is 0 Å². The Morgan fingerprint density at radius 1 is 1.29 bits per heavy atom. The summed E-state index contributed by atoms with van der Waals surface area (Å²) in [5, 5.41) is 0.233. The van der Waals surface area contributed by atoms with Crippen LogP contribution in [0.1, 0.15) is 38.7 Å². The number of halogens is 1. The average molecular weight is 331 g/mol. The van der Waals surface area contributed by atoms with Crippen molar-refractivity contribution in [3.63, 3.8) is 0 Å². The first-order valence-corrected chi connectivity index (χ1v) is 9.20. The fraction of sp³-hybridized carbons (Fsp3) is 0.600. The highest BCUT2D eigenvalue weighted by atomic mass is 35.5. The normalized spacial score (nSPS) is 26.8. The average Bonchev–Trinajstić information content (AvgIpc) is 2.43. The van der Waals surface area contributed by atoms with E-state index in [2.05, 4.69) is 18.6 Å². The summed E-state index contributed by atoms with van der Waals surface area (Å²) < 4.78 is 27.9. The van der Waals surface area contributed by atoms with Crippen molar-refractivity contribution in [3.8, 4) is 0 Å². The van der Waals surface area contributed by atoms with E-state index in [1.54, 1.807) is 18.2 Å². The molecule has 1 aliphatic rings. The van der Waals surface area contributed by atoms with Gasteiger partial charge in [-0.15, -0.1) is 0 Å². The molecule has 0 aliphatic heterocycles. The van der Waals surface area contributed by atoms with Crippen LogP contribution in [0.15, 0.2) is 23.1 Å². The zero-order valence-corrected chi connectivity index (χ0v) is 14.0. The lowest BCUT2D eigenvalue weighted by molar-refractivity contribution is 0.242. The fourth-order valence-electron chi connectivity index (χ4n) is 2.82. The van der Waals surface area contributed by atoms with Gasteiger partial charge in [0.05, 0.1) is 5.02 Å². The first kappa shape index (κ1) is 16.7. The van der Waals surface area contributed by atoms with Gasteiger partial charge in [0.2, 0.25) is 10.0 Å². The minimum atomic E-state index is -3.60. The van der Waals surface area contributed by atoms with Crippen molar-refractivity contribution in [2.24, 2.45) is 17.6 Å². The van der Waals surface area contributed by atoms with Crippen LogP contribution in [0.3, 0.4) is 0 Å². The minimum Gasteiger partial charge on any atom is -0.326 e. The summed E-state index contributed by atoms with van der Waals surface area (Å²) in [6.07, 6.45) is 2.79. The molecule has 118 valence electrons. The molecule has 1 aromatic carbocycles. The van der Waals surface area contributed by atoms with Crippen LogP contribution in [0.25, 0.3) is 0 Å². The lowest BCUT2D eigenvalue weighted by Crippen LogP contribution is -2.39. The van der Waals surface area contributed by atoms with Crippen molar-refractivity contribution in [3.05, 3.63) is 28.8 Å². The maximum Gasteiger partial charge on any atom is 0.242 e. The molecule has 0 saturated heterocycles. The van der Waals surface area contributed by atoms with Gasteiger partial charge in [-0.05, 0) is 48.8 Å². The highest BCUT2D eigenvalue weighted by Crippen LogP contribution is 2.31. The second-order valence-electron chi connectivity index (χ2n) is 6.05. The number of benzene rings is 1. The highest BCUT2D eigenvalue weighted by molar-refractivity contribution is 7.89. The Hall–Kier alpha value is -0.620. The summed E-state index contributed by atoms with van der Waals surface area (Å²) in [5.74, 6) is 1.17. The third kappa shape index (κ3) is 3.97. The van der Waals surface area contributed by atoms with E-state index >= 15 is 0 Å². The molecule has 0 heterocycles. The molecule has 0 spiro atoms. The third-order valence-electron chi connectivity index (χ3n) is 4.44. The van der Waals surface area contributed by atoms with Gasteiger partial charge in [0, 0.05) is 12.6 Å². The number of sulfonamides is 1. The van der Waals surface area contributed by atoms with E-state index < -0.39 is 10.0 Å². The molecule has 0 radical (unpaired) electrons. The monoisotopic (exact) mass is 330 g/mol. The molecule has 1 aromatic rings. The molecule has 3 atom stereocenters. The molecule has 4 nitrogen and oxygen atoms in total. The molecule has 0 bridgehead atoms. The van der Waals surface area contributed by atoms with Gasteiger partial charge in [-0.25, -0.2) is 13.1 Å². The molecule has 1 fully saturated rings. The second kappa shape index (κ2) is 6.65. The topological polar surface area (TPSA) is 72.2 Å². The van der Waals surface area contributed by atoms with Crippen molar-refractivity contribution in [1.82, 2.24) is 4.72 Å². The van der Waals surface area contributed by atoms with Crippen LogP contribution in [-0.2, 0) is 16.6 Å². The van der Waals surface area contributed by atoms with Gasteiger partial charge in [-0.3, -0.25) is 0 Å². The van der Waals surface area contributed by atoms with Crippen molar-refractivity contribution >= 4 is 21.6 Å². The summed E-state index contributed by atoms with van der Waals surface area (Å²) in [7, 11) is -3.60. The Morgan fingerprint density at radius 3 is 2.62 bits per heavy atom. The Labute approximate surface area is 132 Å². The van der Waals surface area contributed by atoms with E-state index in [0.29, 0.717) is 11.8 Å². The Bertz CT molecular complexity index is 604. The van der Waals surface area contributed by atoms with Gasteiger partial charge in [0.1, 0.15) is 4.90 Å².